The van der Waals surface area contributed by atoms with Crippen molar-refractivity contribution in [2.24, 2.45) is 0 Å². The highest BCUT2D eigenvalue weighted by Gasteiger charge is 2.21. The molecule has 1 unspecified atom stereocenters. The molecule has 5 nitrogen and oxygen atoms in total. The summed E-state index contributed by atoms with van der Waals surface area (Å²) in [5, 5.41) is 3.02. The van der Waals surface area contributed by atoms with Gasteiger partial charge in [-0.05, 0) is 17.7 Å². The second-order valence-electron chi connectivity index (χ2n) is 3.96. The van der Waals surface area contributed by atoms with Crippen LogP contribution in [0.25, 0.3) is 0 Å². The Labute approximate surface area is 111 Å². The van der Waals surface area contributed by atoms with Gasteiger partial charge in [-0.3, -0.25) is 0 Å². The lowest BCUT2D eigenvalue weighted by molar-refractivity contribution is -0.141. The molecule has 0 amide bonds. The first-order valence-corrected chi connectivity index (χ1v) is 5.82. The zero-order chi connectivity index (χ0) is 13.7. The van der Waals surface area contributed by atoms with Crippen LogP contribution in [0, 0.1) is 0 Å². The van der Waals surface area contributed by atoms with Crippen molar-refractivity contribution in [3.63, 3.8) is 0 Å². The molecule has 19 heavy (non-hydrogen) atoms. The Morgan fingerprint density at radius 1 is 1.21 bits per heavy atom. The number of pyridine rings is 1. The van der Waals surface area contributed by atoms with Gasteiger partial charge in [0.15, 0.2) is 6.04 Å². The van der Waals surface area contributed by atoms with Gasteiger partial charge in [0, 0.05) is 0 Å². The van der Waals surface area contributed by atoms with E-state index in [0.29, 0.717) is 11.6 Å². The third-order valence-corrected chi connectivity index (χ3v) is 2.63. The third kappa shape index (κ3) is 3.22. The number of carbonyl (C=O) groups is 1. The molecule has 1 aromatic carbocycles. The van der Waals surface area contributed by atoms with Crippen LogP contribution >= 0.6 is 0 Å². The van der Waals surface area contributed by atoms with Crippen molar-refractivity contribution < 1.29 is 9.53 Å². The molecule has 1 aromatic heterocycles. The van der Waals surface area contributed by atoms with Crippen molar-refractivity contribution in [1.82, 2.24) is 4.98 Å². The Bertz CT molecular complexity index is 558. The third-order valence-electron chi connectivity index (χ3n) is 2.63. The quantitative estimate of drug-likeness (QED) is 0.819. The van der Waals surface area contributed by atoms with Crippen molar-refractivity contribution in [3.8, 4) is 0 Å². The van der Waals surface area contributed by atoms with Gasteiger partial charge in [0.05, 0.1) is 7.11 Å². The first-order valence-electron chi connectivity index (χ1n) is 5.82. The predicted molar refractivity (Wildman–Crippen MR) is 73.5 cm³/mol. The van der Waals surface area contributed by atoms with E-state index in [4.69, 9.17) is 10.5 Å². The fourth-order valence-electron chi connectivity index (χ4n) is 1.72. The topological polar surface area (TPSA) is 77.2 Å². The summed E-state index contributed by atoms with van der Waals surface area (Å²) in [5.41, 5.74) is 6.42. The van der Waals surface area contributed by atoms with E-state index in [0.717, 1.165) is 5.56 Å². The van der Waals surface area contributed by atoms with E-state index in [1.165, 1.54) is 7.11 Å². The fraction of sp³-hybridized carbons (Fsp3) is 0.143. The molecular weight excluding hydrogens is 242 g/mol. The number of methoxy groups -OCH3 is 1. The number of hydrogen-bond donors (Lipinski definition) is 2. The lowest BCUT2D eigenvalue weighted by atomic mass is 10.1. The molecule has 0 aliphatic carbocycles. The summed E-state index contributed by atoms with van der Waals surface area (Å²) in [7, 11) is 1.35. The van der Waals surface area contributed by atoms with E-state index >= 15 is 0 Å². The Balaban J connectivity index is 2.27. The molecule has 1 heterocycles. The van der Waals surface area contributed by atoms with Crippen LogP contribution in [-0.4, -0.2) is 18.1 Å². The molecule has 0 saturated heterocycles. The molecule has 0 radical (unpaired) electrons. The molecule has 2 aromatic rings. The first kappa shape index (κ1) is 12.9. The highest BCUT2D eigenvalue weighted by Crippen LogP contribution is 2.20. The number of esters is 1. The zero-order valence-electron chi connectivity index (χ0n) is 10.5. The second kappa shape index (κ2) is 5.86. The molecular formula is C14H15N3O2. The molecule has 0 saturated carbocycles. The molecule has 0 aliphatic rings. The molecule has 98 valence electrons. The van der Waals surface area contributed by atoms with Crippen molar-refractivity contribution in [1.29, 1.82) is 0 Å². The maximum absolute atomic E-state index is 11.9. The van der Waals surface area contributed by atoms with Crippen LogP contribution in [-0.2, 0) is 9.53 Å². The number of ether oxygens (including phenoxy) is 1. The molecule has 0 fully saturated rings. The monoisotopic (exact) mass is 257 g/mol. The van der Waals surface area contributed by atoms with E-state index in [9.17, 15) is 4.79 Å². The minimum Gasteiger partial charge on any atom is -0.467 e. The van der Waals surface area contributed by atoms with Gasteiger partial charge in [-0.2, -0.15) is 0 Å². The van der Waals surface area contributed by atoms with Crippen molar-refractivity contribution >= 4 is 17.6 Å². The number of nitrogens with zero attached hydrogens (tertiary/aromatic N) is 1. The maximum Gasteiger partial charge on any atom is 0.333 e. The highest BCUT2D eigenvalue weighted by atomic mass is 16.5. The van der Waals surface area contributed by atoms with E-state index in [1.54, 1.807) is 18.2 Å². The van der Waals surface area contributed by atoms with E-state index in [-0.39, 0.29) is 5.97 Å². The number of anilines is 2. The number of benzene rings is 1. The standard InChI is InChI=1S/C14H15N3O2/c1-19-14(18)13(10-6-3-2-4-7-10)17-12-9-5-8-11(15)16-12/h2-9,13H,1H3,(H3,15,16,17). The van der Waals surface area contributed by atoms with Crippen LogP contribution in [0.5, 0.6) is 0 Å². The SMILES string of the molecule is COC(=O)C(Nc1cccc(N)n1)c1ccccc1. The summed E-state index contributed by atoms with van der Waals surface area (Å²) < 4.78 is 4.81. The summed E-state index contributed by atoms with van der Waals surface area (Å²) >= 11 is 0. The van der Waals surface area contributed by atoms with Gasteiger partial charge in [-0.15, -0.1) is 0 Å². The first-order chi connectivity index (χ1) is 9.20. The summed E-state index contributed by atoms with van der Waals surface area (Å²) in [6, 6.07) is 13.9. The van der Waals surface area contributed by atoms with E-state index in [1.807, 2.05) is 30.3 Å². The van der Waals surface area contributed by atoms with Gasteiger partial charge in [0.1, 0.15) is 11.6 Å². The van der Waals surface area contributed by atoms with Gasteiger partial charge in [-0.25, -0.2) is 9.78 Å². The van der Waals surface area contributed by atoms with Gasteiger partial charge in [0.2, 0.25) is 0 Å². The zero-order valence-corrected chi connectivity index (χ0v) is 10.5. The molecule has 2 rings (SSSR count). The van der Waals surface area contributed by atoms with E-state index < -0.39 is 6.04 Å². The van der Waals surface area contributed by atoms with Crippen LogP contribution in [0.3, 0.4) is 0 Å². The highest BCUT2D eigenvalue weighted by molar-refractivity contribution is 5.80. The van der Waals surface area contributed by atoms with Gasteiger partial charge >= 0.3 is 5.97 Å². The Hall–Kier alpha value is -2.56. The lowest BCUT2D eigenvalue weighted by Crippen LogP contribution is -2.22. The van der Waals surface area contributed by atoms with Crippen LogP contribution in [0.1, 0.15) is 11.6 Å². The van der Waals surface area contributed by atoms with Gasteiger partial charge in [0.25, 0.3) is 0 Å². The van der Waals surface area contributed by atoms with Gasteiger partial charge < -0.3 is 15.8 Å². The smallest absolute Gasteiger partial charge is 0.333 e. The Morgan fingerprint density at radius 3 is 2.58 bits per heavy atom. The Kier molecular flexibility index (Phi) is 3.97. The molecule has 0 aliphatic heterocycles. The normalized spacial score (nSPS) is 11.6. The number of nitrogens with one attached hydrogen (secondary N) is 1. The largest absolute Gasteiger partial charge is 0.467 e. The maximum atomic E-state index is 11.9. The van der Waals surface area contributed by atoms with Crippen molar-refractivity contribution in [2.75, 3.05) is 18.2 Å². The molecule has 1 atom stereocenters. The second-order valence-corrected chi connectivity index (χ2v) is 3.96. The number of carbonyl (C=O) groups excluding carboxylic acids is 1. The molecule has 3 N–H and O–H groups in total. The molecule has 5 heteroatoms. The van der Waals surface area contributed by atoms with Crippen LogP contribution < -0.4 is 11.1 Å². The van der Waals surface area contributed by atoms with Crippen molar-refractivity contribution in [2.45, 2.75) is 6.04 Å². The lowest BCUT2D eigenvalue weighted by Gasteiger charge is -2.17. The minimum atomic E-state index is -0.611. The summed E-state index contributed by atoms with van der Waals surface area (Å²) in [6.45, 7) is 0. The fourth-order valence-corrected chi connectivity index (χ4v) is 1.72. The number of hydrogen-bond acceptors (Lipinski definition) is 5. The average Bonchev–Trinajstić information content (AvgIpc) is 2.45. The number of nitrogen functional groups attached to an aromatic ring is 1. The summed E-state index contributed by atoms with van der Waals surface area (Å²) in [5.74, 6) is 0.538. The van der Waals surface area contributed by atoms with Crippen LogP contribution in [0.2, 0.25) is 0 Å². The van der Waals surface area contributed by atoms with Crippen LogP contribution in [0.4, 0.5) is 11.6 Å². The average molecular weight is 257 g/mol. The Morgan fingerprint density at radius 2 is 1.95 bits per heavy atom. The predicted octanol–water partition coefficient (Wildman–Crippen LogP) is 1.99. The number of rotatable bonds is 4. The summed E-state index contributed by atoms with van der Waals surface area (Å²) in [6.07, 6.45) is 0. The van der Waals surface area contributed by atoms with Crippen LogP contribution in [0.15, 0.2) is 48.5 Å². The van der Waals surface area contributed by atoms with Crippen molar-refractivity contribution in [3.05, 3.63) is 54.1 Å². The number of aromatic nitrogens is 1. The van der Waals surface area contributed by atoms with Gasteiger partial charge in [-0.1, -0.05) is 36.4 Å². The van der Waals surface area contributed by atoms with E-state index in [2.05, 4.69) is 10.3 Å². The molecule has 0 spiro atoms. The summed E-state index contributed by atoms with van der Waals surface area (Å²) in [4.78, 5) is 16.0. The number of nitrogens with two attached hydrogens (primary N) is 1. The minimum absolute atomic E-state index is 0.379. The molecule has 0 bridgehead atoms.